The summed E-state index contributed by atoms with van der Waals surface area (Å²) in [6, 6.07) is 26.1. The van der Waals surface area contributed by atoms with Gasteiger partial charge in [0, 0.05) is 27.6 Å². The molecule has 2 atom stereocenters. The lowest BCUT2D eigenvalue weighted by atomic mass is 9.95. The summed E-state index contributed by atoms with van der Waals surface area (Å²) in [5.74, 6) is 0.659. The van der Waals surface area contributed by atoms with E-state index in [0.29, 0.717) is 20.8 Å². The molecule has 0 saturated carbocycles. The summed E-state index contributed by atoms with van der Waals surface area (Å²) >= 11 is 19.0. The minimum atomic E-state index is -0.415. The lowest BCUT2D eigenvalue weighted by molar-refractivity contribution is -0.0189. The second-order valence-electron chi connectivity index (χ2n) is 8.04. The van der Waals surface area contributed by atoms with Crippen LogP contribution in [0.3, 0.4) is 0 Å². The molecule has 2 aliphatic rings. The van der Waals surface area contributed by atoms with Gasteiger partial charge >= 0.3 is 0 Å². The highest BCUT2D eigenvalue weighted by Crippen LogP contribution is 2.50. The highest BCUT2D eigenvalue weighted by Gasteiger charge is 2.42. The van der Waals surface area contributed by atoms with Crippen molar-refractivity contribution in [3.05, 3.63) is 111 Å². The molecule has 0 aromatic heterocycles. The van der Waals surface area contributed by atoms with E-state index in [1.807, 2.05) is 41.4 Å². The molecule has 0 fully saturated rings. The van der Waals surface area contributed by atoms with E-state index in [9.17, 15) is 0 Å². The van der Waals surface area contributed by atoms with Gasteiger partial charge in [-0.05, 0) is 46.7 Å². The van der Waals surface area contributed by atoms with Gasteiger partial charge in [0.1, 0.15) is 5.75 Å². The molecule has 2 unspecified atom stereocenters. The molecule has 2 aliphatic heterocycles. The zero-order chi connectivity index (χ0) is 21.8. The molecule has 0 spiro atoms. The Kier molecular flexibility index (Phi) is 4.80. The Morgan fingerprint density at radius 2 is 1.59 bits per heavy atom. The summed E-state index contributed by atoms with van der Waals surface area (Å²) in [5.41, 5.74) is 4.02. The summed E-state index contributed by atoms with van der Waals surface area (Å²) in [4.78, 5) is 0. The molecule has 0 bridgehead atoms. The van der Waals surface area contributed by atoms with Crippen LogP contribution in [0.4, 0.5) is 0 Å². The summed E-state index contributed by atoms with van der Waals surface area (Å²) in [6.45, 7) is 0. The van der Waals surface area contributed by atoms with Crippen LogP contribution in [-0.2, 0) is 0 Å². The van der Waals surface area contributed by atoms with E-state index in [0.717, 1.165) is 28.8 Å². The van der Waals surface area contributed by atoms with Gasteiger partial charge in [-0.1, -0.05) is 83.3 Å². The molecule has 3 nitrogen and oxygen atoms in total. The van der Waals surface area contributed by atoms with Crippen LogP contribution in [0.1, 0.15) is 35.4 Å². The van der Waals surface area contributed by atoms with Crippen molar-refractivity contribution in [2.45, 2.75) is 18.7 Å². The second kappa shape index (κ2) is 7.70. The van der Waals surface area contributed by atoms with Crippen molar-refractivity contribution in [2.24, 2.45) is 5.10 Å². The van der Waals surface area contributed by atoms with E-state index < -0.39 is 6.23 Å². The molecule has 158 valence electrons. The number of halogens is 3. The third kappa shape index (κ3) is 3.32. The summed E-state index contributed by atoms with van der Waals surface area (Å²) < 4.78 is 6.40. The van der Waals surface area contributed by atoms with E-state index in [2.05, 4.69) is 36.4 Å². The largest absolute Gasteiger partial charge is 0.463 e. The van der Waals surface area contributed by atoms with E-state index in [1.165, 1.54) is 10.8 Å². The maximum Gasteiger partial charge on any atom is 0.213 e. The number of fused-ring (bicyclic) bond motifs is 4. The first kappa shape index (κ1) is 19.9. The minimum Gasteiger partial charge on any atom is -0.463 e. The maximum atomic E-state index is 6.55. The first-order valence-electron chi connectivity index (χ1n) is 10.3. The number of ether oxygens (including phenoxy) is 1. The van der Waals surface area contributed by atoms with Crippen LogP contribution in [0.5, 0.6) is 5.75 Å². The summed E-state index contributed by atoms with van der Waals surface area (Å²) in [5, 5.41) is 11.2. The Morgan fingerprint density at radius 1 is 0.812 bits per heavy atom. The van der Waals surface area contributed by atoms with Gasteiger partial charge in [0.25, 0.3) is 0 Å². The van der Waals surface area contributed by atoms with E-state index in [-0.39, 0.29) is 6.04 Å². The number of rotatable bonds is 2. The van der Waals surface area contributed by atoms with Gasteiger partial charge in [-0.15, -0.1) is 0 Å². The lowest BCUT2D eigenvalue weighted by Gasteiger charge is -2.38. The SMILES string of the molecule is Clc1ccc(C2Oc3c(Cl)cc(Cl)cc3C3CC(c4ccc5ccccc5c4)=NN32)cc1. The Morgan fingerprint density at radius 3 is 2.41 bits per heavy atom. The van der Waals surface area contributed by atoms with Crippen LogP contribution < -0.4 is 4.74 Å². The van der Waals surface area contributed by atoms with Crippen molar-refractivity contribution in [1.82, 2.24) is 5.01 Å². The van der Waals surface area contributed by atoms with Crippen LogP contribution in [0.25, 0.3) is 10.8 Å². The monoisotopic (exact) mass is 478 g/mol. The molecule has 0 aliphatic carbocycles. The van der Waals surface area contributed by atoms with Crippen LogP contribution in [0, 0.1) is 0 Å². The Balaban J connectivity index is 1.47. The molecule has 4 aromatic rings. The van der Waals surface area contributed by atoms with E-state index in [1.54, 1.807) is 6.07 Å². The number of nitrogens with zero attached hydrogens (tertiary/aromatic N) is 2. The van der Waals surface area contributed by atoms with Gasteiger partial charge in [-0.25, -0.2) is 5.01 Å². The van der Waals surface area contributed by atoms with Crippen molar-refractivity contribution in [3.63, 3.8) is 0 Å². The fourth-order valence-electron chi connectivity index (χ4n) is 4.51. The van der Waals surface area contributed by atoms with Gasteiger partial charge < -0.3 is 4.74 Å². The Hall–Kier alpha value is -2.72. The first-order chi connectivity index (χ1) is 15.6. The average Bonchev–Trinajstić information content (AvgIpc) is 3.25. The van der Waals surface area contributed by atoms with Gasteiger partial charge in [0.2, 0.25) is 6.23 Å². The predicted octanol–water partition coefficient (Wildman–Crippen LogP) is 8.04. The molecule has 6 heteroatoms. The molecular weight excluding hydrogens is 463 g/mol. The zero-order valence-corrected chi connectivity index (χ0v) is 19.1. The fourth-order valence-corrected chi connectivity index (χ4v) is 5.18. The van der Waals surface area contributed by atoms with Crippen molar-refractivity contribution in [3.8, 4) is 5.75 Å². The Bertz CT molecular complexity index is 1380. The fraction of sp³-hybridized carbons (Fsp3) is 0.115. The summed E-state index contributed by atoms with van der Waals surface area (Å²) in [7, 11) is 0. The smallest absolute Gasteiger partial charge is 0.213 e. The van der Waals surface area contributed by atoms with Gasteiger partial charge in [0.05, 0.1) is 16.8 Å². The highest BCUT2D eigenvalue weighted by atomic mass is 35.5. The van der Waals surface area contributed by atoms with E-state index in [4.69, 9.17) is 44.6 Å². The van der Waals surface area contributed by atoms with Crippen LogP contribution >= 0.6 is 34.8 Å². The third-order valence-electron chi connectivity index (χ3n) is 6.05. The van der Waals surface area contributed by atoms with Crippen LogP contribution in [-0.4, -0.2) is 10.7 Å². The number of hydrogen-bond donors (Lipinski definition) is 0. The molecule has 4 aromatic carbocycles. The summed E-state index contributed by atoms with van der Waals surface area (Å²) in [6.07, 6.45) is 0.316. The molecule has 0 amide bonds. The molecule has 0 N–H and O–H groups in total. The van der Waals surface area contributed by atoms with Gasteiger partial charge in [-0.3, -0.25) is 0 Å². The van der Waals surface area contributed by atoms with Crippen molar-refractivity contribution in [1.29, 1.82) is 0 Å². The Labute approximate surface area is 200 Å². The number of hydrogen-bond acceptors (Lipinski definition) is 3. The van der Waals surface area contributed by atoms with Crippen molar-refractivity contribution in [2.75, 3.05) is 0 Å². The van der Waals surface area contributed by atoms with Crippen LogP contribution in [0.2, 0.25) is 15.1 Å². The second-order valence-corrected chi connectivity index (χ2v) is 9.32. The average molecular weight is 480 g/mol. The molecule has 0 radical (unpaired) electrons. The van der Waals surface area contributed by atoms with Gasteiger partial charge in [-0.2, -0.15) is 5.10 Å². The number of hydrazone groups is 1. The highest BCUT2D eigenvalue weighted by molar-refractivity contribution is 6.35. The topological polar surface area (TPSA) is 24.8 Å². The maximum absolute atomic E-state index is 6.55. The predicted molar refractivity (Wildman–Crippen MR) is 131 cm³/mol. The molecular formula is C26H17Cl3N2O. The molecule has 0 saturated heterocycles. The minimum absolute atomic E-state index is 0.0305. The molecule has 32 heavy (non-hydrogen) atoms. The van der Waals surface area contributed by atoms with Crippen LogP contribution in [0.15, 0.2) is 84.0 Å². The normalized spacial score (nSPS) is 19.3. The molecule has 2 heterocycles. The first-order valence-corrected chi connectivity index (χ1v) is 11.5. The number of benzene rings is 4. The van der Waals surface area contributed by atoms with Gasteiger partial charge in [0.15, 0.2) is 0 Å². The zero-order valence-electron chi connectivity index (χ0n) is 16.8. The lowest BCUT2D eigenvalue weighted by Crippen LogP contribution is -2.33. The van der Waals surface area contributed by atoms with Crippen molar-refractivity contribution < 1.29 is 4.74 Å². The third-order valence-corrected chi connectivity index (χ3v) is 6.80. The van der Waals surface area contributed by atoms with E-state index >= 15 is 0 Å². The standard InChI is InChI=1S/C26H17Cl3N2O/c27-19-9-7-16(8-10-19)26-31-24(21-12-20(28)13-22(29)25(21)32-26)14-23(30-31)18-6-5-15-3-1-2-4-17(15)11-18/h1-13,24,26H,14H2. The van der Waals surface area contributed by atoms with Crippen molar-refractivity contribution >= 4 is 51.3 Å². The quantitative estimate of drug-likeness (QED) is 0.290. The molecule has 6 rings (SSSR count).